The van der Waals surface area contributed by atoms with E-state index in [1.165, 1.54) is 0 Å². The number of nitrogens with two attached hydrogens (primary N) is 1. The van der Waals surface area contributed by atoms with E-state index in [-0.39, 0.29) is 29.9 Å². The zero-order valence-electron chi connectivity index (χ0n) is 17.3. The van der Waals surface area contributed by atoms with Gasteiger partial charge in [-0.1, -0.05) is 18.2 Å². The predicted octanol–water partition coefficient (Wildman–Crippen LogP) is 1.36. The lowest BCUT2D eigenvalue weighted by Crippen LogP contribution is -2.41. The second-order valence-corrected chi connectivity index (χ2v) is 7.53. The van der Waals surface area contributed by atoms with Gasteiger partial charge < -0.3 is 21.3 Å². The van der Waals surface area contributed by atoms with E-state index in [1.54, 1.807) is 24.3 Å². The molecule has 0 aliphatic heterocycles. The molecule has 1 amide bonds. The lowest BCUT2D eigenvalue weighted by molar-refractivity contribution is -0.140. The van der Waals surface area contributed by atoms with Crippen LogP contribution in [0.25, 0.3) is 5.57 Å². The summed E-state index contributed by atoms with van der Waals surface area (Å²) < 4.78 is 0. The highest BCUT2D eigenvalue weighted by Crippen LogP contribution is 2.28. The van der Waals surface area contributed by atoms with E-state index in [0.29, 0.717) is 24.8 Å². The van der Waals surface area contributed by atoms with Gasteiger partial charge in [0.1, 0.15) is 6.04 Å². The summed E-state index contributed by atoms with van der Waals surface area (Å²) in [5.41, 5.74) is 8.89. The van der Waals surface area contributed by atoms with Crippen molar-refractivity contribution in [1.82, 2.24) is 15.3 Å². The number of aromatic amines is 1. The number of hydrogen-bond donors (Lipinski definition) is 5. The number of carboxylic acids is 2. The van der Waals surface area contributed by atoms with Crippen LogP contribution in [0.15, 0.2) is 35.1 Å². The van der Waals surface area contributed by atoms with Crippen LogP contribution in [0.3, 0.4) is 0 Å². The Hall–Kier alpha value is -3.95. The number of nitrogen functional groups attached to an aromatic ring is 1. The molecule has 1 aliphatic rings. The van der Waals surface area contributed by atoms with Gasteiger partial charge in [0.15, 0.2) is 0 Å². The quantitative estimate of drug-likeness (QED) is 0.388. The minimum Gasteiger partial charge on any atom is -0.481 e. The van der Waals surface area contributed by atoms with Crippen molar-refractivity contribution in [3.8, 4) is 0 Å². The number of nitrogens with zero attached hydrogens (tertiary/aromatic N) is 1. The monoisotopic (exact) mass is 440 g/mol. The maximum atomic E-state index is 12.3. The lowest BCUT2D eigenvalue weighted by atomic mass is 10.0. The highest BCUT2D eigenvalue weighted by atomic mass is 16.4. The van der Waals surface area contributed by atoms with E-state index in [9.17, 15) is 19.2 Å². The van der Waals surface area contributed by atoms with Crippen molar-refractivity contribution in [1.29, 1.82) is 0 Å². The molecule has 2 aromatic rings. The molecular weight excluding hydrogens is 416 g/mol. The van der Waals surface area contributed by atoms with Crippen molar-refractivity contribution in [2.75, 3.05) is 5.73 Å². The first-order valence-electron chi connectivity index (χ1n) is 10.2. The third-order valence-corrected chi connectivity index (χ3v) is 5.26. The number of allylic oxidation sites excluding steroid dienone is 2. The highest BCUT2D eigenvalue weighted by molar-refractivity contribution is 5.96. The largest absolute Gasteiger partial charge is 0.481 e. The van der Waals surface area contributed by atoms with E-state index >= 15 is 0 Å². The van der Waals surface area contributed by atoms with Gasteiger partial charge in [-0.15, -0.1) is 0 Å². The molecule has 1 aromatic carbocycles. The molecule has 1 heterocycles. The van der Waals surface area contributed by atoms with E-state index in [2.05, 4.69) is 15.3 Å². The Morgan fingerprint density at radius 3 is 2.56 bits per heavy atom. The summed E-state index contributed by atoms with van der Waals surface area (Å²) in [4.78, 5) is 53.0. The molecule has 3 rings (SSSR count). The number of H-pyrrole nitrogens is 1. The number of aromatic nitrogens is 2. The molecule has 0 radical (unpaired) electrons. The van der Waals surface area contributed by atoms with Crippen molar-refractivity contribution >= 4 is 29.4 Å². The van der Waals surface area contributed by atoms with Crippen molar-refractivity contribution in [3.05, 3.63) is 63.1 Å². The number of aryl methyl sites for hydroxylation is 2. The van der Waals surface area contributed by atoms with Crippen molar-refractivity contribution in [2.45, 2.75) is 44.6 Å². The number of benzene rings is 1. The second kappa shape index (κ2) is 9.90. The summed E-state index contributed by atoms with van der Waals surface area (Å²) in [5, 5.41) is 20.2. The van der Waals surface area contributed by atoms with Crippen molar-refractivity contribution in [2.24, 2.45) is 0 Å². The summed E-state index contributed by atoms with van der Waals surface area (Å²) in [7, 11) is 0. The Labute approximate surface area is 183 Å². The Morgan fingerprint density at radius 2 is 1.91 bits per heavy atom. The van der Waals surface area contributed by atoms with E-state index in [1.807, 2.05) is 6.08 Å². The zero-order chi connectivity index (χ0) is 23.3. The number of carboxylic acid groups (broad SMARTS) is 2. The molecule has 1 aliphatic carbocycles. The normalized spacial score (nSPS) is 14.7. The number of nitrogens with one attached hydrogen (secondary N) is 2. The van der Waals surface area contributed by atoms with E-state index in [0.717, 1.165) is 23.3 Å². The number of fused-ring (bicyclic) bond motifs is 1. The fourth-order valence-electron chi connectivity index (χ4n) is 3.64. The molecule has 10 nitrogen and oxygen atoms in total. The number of anilines is 1. The van der Waals surface area contributed by atoms with Crippen LogP contribution in [0.5, 0.6) is 0 Å². The molecule has 0 fully saturated rings. The molecular formula is C22H24N4O6. The SMILES string of the molecule is Nc1nc2c(c(=O)[nH]1)C(=CCCc1ccc(C(=O)N[C@@H](CCC(=O)O)C(=O)O)cc1)CC2. The first kappa shape index (κ1) is 22.7. The topological polar surface area (TPSA) is 175 Å². The summed E-state index contributed by atoms with van der Waals surface area (Å²) in [5.74, 6) is -2.87. The molecule has 0 unspecified atom stereocenters. The van der Waals surface area contributed by atoms with E-state index < -0.39 is 23.9 Å². The number of aliphatic carboxylic acids is 2. The van der Waals surface area contributed by atoms with Gasteiger partial charge in [0.2, 0.25) is 5.95 Å². The molecule has 168 valence electrons. The fraction of sp³-hybridized carbons (Fsp3) is 0.318. The molecule has 1 aromatic heterocycles. The minimum absolute atomic E-state index is 0.121. The van der Waals surface area contributed by atoms with Crippen molar-refractivity contribution in [3.63, 3.8) is 0 Å². The molecule has 6 N–H and O–H groups in total. The molecule has 0 bridgehead atoms. The van der Waals surface area contributed by atoms with E-state index in [4.69, 9.17) is 15.9 Å². The van der Waals surface area contributed by atoms with Gasteiger partial charge in [-0.25, -0.2) is 9.78 Å². The van der Waals surface area contributed by atoms with Crippen LogP contribution in [0.4, 0.5) is 5.95 Å². The average molecular weight is 440 g/mol. The minimum atomic E-state index is -1.28. The van der Waals surface area contributed by atoms with Gasteiger partial charge in [-0.2, -0.15) is 0 Å². The highest BCUT2D eigenvalue weighted by Gasteiger charge is 2.22. The number of rotatable bonds is 9. The summed E-state index contributed by atoms with van der Waals surface area (Å²) in [6.45, 7) is 0. The first-order valence-corrected chi connectivity index (χ1v) is 10.2. The van der Waals surface area contributed by atoms with Gasteiger partial charge in [-0.05, 0) is 55.4 Å². The Kier molecular flexibility index (Phi) is 7.04. The summed E-state index contributed by atoms with van der Waals surface area (Å²) in [6.07, 6.45) is 4.27. The smallest absolute Gasteiger partial charge is 0.326 e. The van der Waals surface area contributed by atoms with Gasteiger partial charge >= 0.3 is 11.9 Å². The Bertz CT molecular complexity index is 1120. The van der Waals surface area contributed by atoms with Crippen LogP contribution in [0.2, 0.25) is 0 Å². The van der Waals surface area contributed by atoms with Crippen LogP contribution in [0, 0.1) is 0 Å². The van der Waals surface area contributed by atoms with Gasteiger partial charge in [0, 0.05) is 12.0 Å². The number of carbonyl (C=O) groups excluding carboxylic acids is 1. The van der Waals surface area contributed by atoms with Crippen LogP contribution < -0.4 is 16.6 Å². The van der Waals surface area contributed by atoms with Gasteiger partial charge in [0.25, 0.3) is 11.5 Å². The predicted molar refractivity (Wildman–Crippen MR) is 116 cm³/mol. The van der Waals surface area contributed by atoms with Crippen molar-refractivity contribution < 1.29 is 24.6 Å². The molecule has 0 saturated heterocycles. The maximum Gasteiger partial charge on any atom is 0.326 e. The van der Waals surface area contributed by atoms with Crippen LogP contribution in [-0.2, 0) is 22.4 Å². The fourth-order valence-corrected chi connectivity index (χ4v) is 3.64. The lowest BCUT2D eigenvalue weighted by Gasteiger charge is -2.13. The first-order chi connectivity index (χ1) is 15.2. The van der Waals surface area contributed by atoms with Crippen LogP contribution in [-0.4, -0.2) is 44.1 Å². The van der Waals surface area contributed by atoms with Crippen LogP contribution in [0.1, 0.15) is 52.9 Å². The number of hydrogen-bond acceptors (Lipinski definition) is 6. The third kappa shape index (κ3) is 5.60. The van der Waals surface area contributed by atoms with Crippen LogP contribution >= 0.6 is 0 Å². The molecule has 32 heavy (non-hydrogen) atoms. The number of carbonyl (C=O) groups is 3. The Balaban J connectivity index is 1.58. The molecule has 0 saturated carbocycles. The van der Waals surface area contributed by atoms with Gasteiger partial charge in [-0.3, -0.25) is 19.4 Å². The Morgan fingerprint density at radius 1 is 1.19 bits per heavy atom. The summed E-state index contributed by atoms with van der Waals surface area (Å²) >= 11 is 0. The number of amides is 1. The standard InChI is InChI=1S/C22H24N4O6/c23-22-25-15-9-8-13(18(15)20(30)26-22)3-1-2-12-4-6-14(7-5-12)19(29)24-16(21(31)32)10-11-17(27)28/h3-7,16H,1-2,8-11H2,(H,24,29)(H,27,28)(H,31,32)(H3,23,25,26,30)/t16-/m0/s1. The summed E-state index contributed by atoms with van der Waals surface area (Å²) in [6, 6.07) is 5.47. The zero-order valence-corrected chi connectivity index (χ0v) is 17.3. The average Bonchev–Trinajstić information content (AvgIpc) is 3.14. The second-order valence-electron chi connectivity index (χ2n) is 7.53. The third-order valence-electron chi connectivity index (χ3n) is 5.26. The van der Waals surface area contributed by atoms with Gasteiger partial charge in [0.05, 0.1) is 11.3 Å². The molecule has 0 spiro atoms. The maximum absolute atomic E-state index is 12.3. The molecule has 10 heteroatoms. The molecule has 1 atom stereocenters.